The van der Waals surface area contributed by atoms with Crippen LogP contribution >= 0.6 is 34.7 Å². The van der Waals surface area contributed by atoms with Gasteiger partial charge < -0.3 is 4.74 Å². The van der Waals surface area contributed by atoms with Crippen LogP contribution in [0.15, 0.2) is 71.2 Å². The van der Waals surface area contributed by atoms with E-state index in [0.29, 0.717) is 0 Å². The molecule has 0 atom stereocenters. The van der Waals surface area contributed by atoms with Crippen LogP contribution in [0.5, 0.6) is 5.75 Å². The molecule has 0 radical (unpaired) electrons. The molecule has 4 aromatic rings. The van der Waals surface area contributed by atoms with Gasteiger partial charge in [0.25, 0.3) is 0 Å². The van der Waals surface area contributed by atoms with Crippen LogP contribution in [0.2, 0.25) is 5.02 Å². The zero-order valence-corrected chi connectivity index (χ0v) is 16.9. The number of thioether (sulfide) groups is 1. The third kappa shape index (κ3) is 3.88. The van der Waals surface area contributed by atoms with E-state index < -0.39 is 0 Å². The van der Waals surface area contributed by atoms with E-state index in [1.54, 1.807) is 30.2 Å². The number of ether oxygens (including phenoxy) is 1. The quantitative estimate of drug-likeness (QED) is 0.366. The van der Waals surface area contributed by atoms with Gasteiger partial charge in [-0.1, -0.05) is 53.7 Å². The summed E-state index contributed by atoms with van der Waals surface area (Å²) in [6.45, 7) is 0. The highest BCUT2D eigenvalue weighted by Crippen LogP contribution is 2.35. The first-order valence-electron chi connectivity index (χ1n) is 8.26. The maximum Gasteiger partial charge on any atom is 0.196 e. The molecule has 0 aliphatic rings. The second-order valence-corrected chi connectivity index (χ2v) is 8.03. The topological polar surface area (TPSA) is 39.9 Å². The summed E-state index contributed by atoms with van der Waals surface area (Å²) in [7, 11) is 1.68. The molecule has 27 heavy (non-hydrogen) atoms. The van der Waals surface area contributed by atoms with Gasteiger partial charge in [-0.25, -0.2) is 0 Å². The van der Waals surface area contributed by atoms with Crippen molar-refractivity contribution >= 4 is 34.7 Å². The lowest BCUT2D eigenvalue weighted by atomic mass is 10.2. The van der Waals surface area contributed by atoms with E-state index in [4.69, 9.17) is 16.3 Å². The summed E-state index contributed by atoms with van der Waals surface area (Å²) < 4.78 is 7.64. The fourth-order valence-corrected chi connectivity index (χ4v) is 4.41. The number of benzene rings is 2. The van der Waals surface area contributed by atoms with Crippen LogP contribution in [0.25, 0.3) is 16.4 Å². The summed E-state index contributed by atoms with van der Waals surface area (Å²) >= 11 is 9.25. The minimum Gasteiger partial charge on any atom is -0.495 e. The third-order valence-corrected chi connectivity index (χ3v) is 6.10. The maximum absolute atomic E-state index is 5.98. The summed E-state index contributed by atoms with van der Waals surface area (Å²) in [6.07, 6.45) is 0. The minimum atomic E-state index is 0.737. The van der Waals surface area contributed by atoms with E-state index in [1.165, 1.54) is 5.56 Å². The Morgan fingerprint density at radius 2 is 1.85 bits per heavy atom. The van der Waals surface area contributed by atoms with Gasteiger partial charge in [0.1, 0.15) is 5.75 Å². The fraction of sp³-hybridized carbons (Fsp3) is 0.100. The Bertz CT molecular complexity index is 1030. The van der Waals surface area contributed by atoms with E-state index in [9.17, 15) is 0 Å². The second-order valence-electron chi connectivity index (χ2n) is 5.71. The molecule has 0 amide bonds. The smallest absolute Gasteiger partial charge is 0.196 e. The molecule has 0 spiro atoms. The van der Waals surface area contributed by atoms with Crippen molar-refractivity contribution in [2.24, 2.45) is 0 Å². The lowest BCUT2D eigenvalue weighted by Crippen LogP contribution is -2.01. The standard InChI is InChI=1S/C20H16ClN3OS2/c1-25-17-6-3-2-5-16(17)24-19(18-7-4-12-26-18)22-23-20(24)27-13-14-8-10-15(21)11-9-14/h2-12H,13H2,1H3. The van der Waals surface area contributed by atoms with Gasteiger partial charge in [0.2, 0.25) is 0 Å². The molecule has 7 heteroatoms. The molecule has 2 aromatic heterocycles. The molecule has 0 fully saturated rings. The normalized spacial score (nSPS) is 10.9. The van der Waals surface area contributed by atoms with Crippen LogP contribution in [-0.4, -0.2) is 21.9 Å². The molecule has 0 unspecified atom stereocenters. The number of methoxy groups -OCH3 is 1. The number of hydrogen-bond acceptors (Lipinski definition) is 5. The molecule has 4 rings (SSSR count). The molecule has 0 saturated carbocycles. The highest BCUT2D eigenvalue weighted by atomic mass is 35.5. The Labute approximate surface area is 170 Å². The number of nitrogens with zero attached hydrogens (tertiary/aromatic N) is 3. The molecule has 0 bridgehead atoms. The summed E-state index contributed by atoms with van der Waals surface area (Å²) in [5.74, 6) is 2.37. The van der Waals surface area contributed by atoms with E-state index in [1.807, 2.05) is 66.0 Å². The van der Waals surface area contributed by atoms with Crippen molar-refractivity contribution in [3.05, 3.63) is 76.6 Å². The molecule has 0 aliphatic carbocycles. The number of para-hydroxylation sites is 2. The number of hydrogen-bond donors (Lipinski definition) is 0. The van der Waals surface area contributed by atoms with Crippen LogP contribution in [0, 0.1) is 0 Å². The molecular formula is C20H16ClN3OS2. The van der Waals surface area contributed by atoms with Crippen LogP contribution in [-0.2, 0) is 5.75 Å². The van der Waals surface area contributed by atoms with E-state index in [-0.39, 0.29) is 0 Å². The SMILES string of the molecule is COc1ccccc1-n1c(SCc2ccc(Cl)cc2)nnc1-c1cccs1. The largest absolute Gasteiger partial charge is 0.495 e. The second kappa shape index (κ2) is 8.17. The fourth-order valence-electron chi connectivity index (χ4n) is 2.69. The predicted octanol–water partition coefficient (Wildman–Crippen LogP) is 5.95. The molecule has 2 aromatic carbocycles. The Balaban J connectivity index is 1.74. The van der Waals surface area contributed by atoms with Crippen molar-refractivity contribution in [2.75, 3.05) is 7.11 Å². The first kappa shape index (κ1) is 18.1. The highest BCUT2D eigenvalue weighted by Gasteiger charge is 2.19. The number of aromatic nitrogens is 3. The molecular weight excluding hydrogens is 398 g/mol. The van der Waals surface area contributed by atoms with Gasteiger partial charge in [0.15, 0.2) is 11.0 Å². The van der Waals surface area contributed by atoms with Gasteiger partial charge in [-0.05, 0) is 41.3 Å². The van der Waals surface area contributed by atoms with Crippen molar-refractivity contribution in [2.45, 2.75) is 10.9 Å². The Kier molecular flexibility index (Phi) is 5.48. The highest BCUT2D eigenvalue weighted by molar-refractivity contribution is 7.98. The van der Waals surface area contributed by atoms with Crippen LogP contribution in [0.1, 0.15) is 5.56 Å². The summed E-state index contributed by atoms with van der Waals surface area (Å²) in [5, 5.41) is 12.5. The lowest BCUT2D eigenvalue weighted by molar-refractivity contribution is 0.412. The zero-order chi connectivity index (χ0) is 18.6. The average molecular weight is 414 g/mol. The Morgan fingerprint density at radius 3 is 2.59 bits per heavy atom. The lowest BCUT2D eigenvalue weighted by Gasteiger charge is -2.13. The summed E-state index contributed by atoms with van der Waals surface area (Å²) in [4.78, 5) is 1.06. The first-order valence-corrected chi connectivity index (χ1v) is 10.5. The molecule has 0 saturated heterocycles. The molecule has 0 aliphatic heterocycles. The van der Waals surface area contributed by atoms with Crippen LogP contribution in [0.3, 0.4) is 0 Å². The number of rotatable bonds is 6. The Hall–Kier alpha value is -2.28. The first-order chi connectivity index (χ1) is 13.3. The van der Waals surface area contributed by atoms with Gasteiger partial charge in [0.05, 0.1) is 17.7 Å². The van der Waals surface area contributed by atoms with Crippen molar-refractivity contribution in [1.82, 2.24) is 14.8 Å². The molecule has 136 valence electrons. The van der Waals surface area contributed by atoms with Gasteiger partial charge in [-0.3, -0.25) is 4.57 Å². The van der Waals surface area contributed by atoms with Gasteiger partial charge in [-0.15, -0.1) is 21.5 Å². The van der Waals surface area contributed by atoms with Gasteiger partial charge in [-0.2, -0.15) is 0 Å². The van der Waals surface area contributed by atoms with Crippen molar-refractivity contribution in [3.63, 3.8) is 0 Å². The Morgan fingerprint density at radius 1 is 1.04 bits per heavy atom. The predicted molar refractivity (Wildman–Crippen MR) is 112 cm³/mol. The zero-order valence-electron chi connectivity index (χ0n) is 14.5. The van der Waals surface area contributed by atoms with Gasteiger partial charge in [0, 0.05) is 10.8 Å². The summed E-state index contributed by atoms with van der Waals surface area (Å²) in [5.41, 5.74) is 2.10. The number of halogens is 1. The average Bonchev–Trinajstić information content (AvgIpc) is 3.37. The van der Waals surface area contributed by atoms with Crippen molar-refractivity contribution in [3.8, 4) is 22.1 Å². The van der Waals surface area contributed by atoms with E-state index >= 15 is 0 Å². The van der Waals surface area contributed by atoms with Crippen LogP contribution in [0.4, 0.5) is 0 Å². The monoisotopic (exact) mass is 413 g/mol. The van der Waals surface area contributed by atoms with E-state index in [0.717, 1.165) is 38.1 Å². The van der Waals surface area contributed by atoms with Crippen molar-refractivity contribution < 1.29 is 4.74 Å². The minimum absolute atomic E-state index is 0.737. The van der Waals surface area contributed by atoms with Crippen LogP contribution < -0.4 is 4.74 Å². The molecule has 2 heterocycles. The molecule has 4 nitrogen and oxygen atoms in total. The van der Waals surface area contributed by atoms with Crippen molar-refractivity contribution in [1.29, 1.82) is 0 Å². The van der Waals surface area contributed by atoms with E-state index in [2.05, 4.69) is 14.8 Å². The summed E-state index contributed by atoms with van der Waals surface area (Å²) in [6, 6.07) is 19.8. The molecule has 0 N–H and O–H groups in total. The number of thiophene rings is 1. The third-order valence-electron chi connectivity index (χ3n) is 3.98. The maximum atomic E-state index is 5.98. The van der Waals surface area contributed by atoms with Gasteiger partial charge >= 0.3 is 0 Å².